The van der Waals surface area contributed by atoms with Gasteiger partial charge < -0.3 is 10.5 Å². The van der Waals surface area contributed by atoms with Gasteiger partial charge in [0.15, 0.2) is 5.69 Å². The van der Waals surface area contributed by atoms with Gasteiger partial charge in [-0.25, -0.2) is 4.79 Å². The normalized spacial score (nSPS) is 11.5. The van der Waals surface area contributed by atoms with E-state index in [1.807, 2.05) is 0 Å². The third-order valence-corrected chi connectivity index (χ3v) is 2.02. The van der Waals surface area contributed by atoms with E-state index in [-0.39, 0.29) is 24.3 Å². The van der Waals surface area contributed by atoms with Crippen molar-refractivity contribution in [1.29, 1.82) is 0 Å². The van der Waals surface area contributed by atoms with Crippen LogP contribution in [0.1, 0.15) is 23.3 Å². The Kier molecular flexibility index (Phi) is 3.97. The lowest BCUT2D eigenvalue weighted by Gasteiger charge is -2.05. The largest absolute Gasteiger partial charge is 0.464 e. The SMILES string of the molecule is COC(=O)c1nn(CCCC(F)(F)F)cc1N. The van der Waals surface area contributed by atoms with Crippen LogP contribution in [0.25, 0.3) is 0 Å². The maximum absolute atomic E-state index is 11.9. The molecule has 2 N–H and O–H groups in total. The highest BCUT2D eigenvalue weighted by Crippen LogP contribution is 2.21. The van der Waals surface area contributed by atoms with Crippen LogP contribution < -0.4 is 5.73 Å². The number of ether oxygens (including phenoxy) is 1. The average molecular weight is 251 g/mol. The summed E-state index contributed by atoms with van der Waals surface area (Å²) >= 11 is 0. The van der Waals surface area contributed by atoms with Crippen molar-refractivity contribution < 1.29 is 22.7 Å². The molecule has 0 aromatic carbocycles. The van der Waals surface area contributed by atoms with Crippen molar-refractivity contribution in [2.24, 2.45) is 0 Å². The van der Waals surface area contributed by atoms with Crippen molar-refractivity contribution in [2.75, 3.05) is 12.8 Å². The van der Waals surface area contributed by atoms with Crippen LogP contribution in [-0.4, -0.2) is 29.0 Å². The molecule has 17 heavy (non-hydrogen) atoms. The summed E-state index contributed by atoms with van der Waals surface area (Å²) in [7, 11) is 1.17. The zero-order valence-electron chi connectivity index (χ0n) is 9.12. The molecule has 1 aromatic heterocycles. The highest BCUT2D eigenvalue weighted by atomic mass is 19.4. The van der Waals surface area contributed by atoms with E-state index in [1.165, 1.54) is 18.0 Å². The summed E-state index contributed by atoms with van der Waals surface area (Å²) in [6.45, 7) is 0.0424. The molecule has 1 aromatic rings. The van der Waals surface area contributed by atoms with E-state index in [2.05, 4.69) is 9.84 Å². The molecule has 5 nitrogen and oxygen atoms in total. The molecule has 96 valence electrons. The average Bonchev–Trinajstić information content (AvgIpc) is 2.57. The van der Waals surface area contributed by atoms with Gasteiger partial charge in [-0.1, -0.05) is 0 Å². The monoisotopic (exact) mass is 251 g/mol. The van der Waals surface area contributed by atoms with Gasteiger partial charge in [-0.2, -0.15) is 18.3 Å². The molecule has 0 bridgehead atoms. The van der Waals surface area contributed by atoms with Crippen molar-refractivity contribution in [3.63, 3.8) is 0 Å². The predicted molar refractivity (Wildman–Crippen MR) is 53.3 cm³/mol. The van der Waals surface area contributed by atoms with E-state index in [9.17, 15) is 18.0 Å². The van der Waals surface area contributed by atoms with Gasteiger partial charge in [-0.15, -0.1) is 0 Å². The molecule has 1 heterocycles. The first-order valence-corrected chi connectivity index (χ1v) is 4.81. The van der Waals surface area contributed by atoms with Crippen LogP contribution in [0.4, 0.5) is 18.9 Å². The summed E-state index contributed by atoms with van der Waals surface area (Å²) in [6.07, 6.45) is -3.90. The number of anilines is 1. The summed E-state index contributed by atoms with van der Waals surface area (Å²) in [5.74, 6) is -0.711. The van der Waals surface area contributed by atoms with Gasteiger partial charge in [-0.3, -0.25) is 4.68 Å². The van der Waals surface area contributed by atoms with Crippen molar-refractivity contribution in [2.45, 2.75) is 25.6 Å². The molecule has 0 radical (unpaired) electrons. The Labute approximate surface area is 95.3 Å². The molecule has 0 saturated heterocycles. The standard InChI is InChI=1S/C9H12F3N3O2/c1-17-8(16)7-6(13)5-15(14-7)4-2-3-9(10,11)12/h5H,2-4,13H2,1H3. The van der Waals surface area contributed by atoms with E-state index < -0.39 is 18.6 Å². The van der Waals surface area contributed by atoms with Crippen molar-refractivity contribution in [3.05, 3.63) is 11.9 Å². The fourth-order valence-corrected chi connectivity index (χ4v) is 1.25. The van der Waals surface area contributed by atoms with Crippen LogP contribution in [0.15, 0.2) is 6.20 Å². The van der Waals surface area contributed by atoms with Crippen LogP contribution in [0.3, 0.4) is 0 Å². The van der Waals surface area contributed by atoms with Gasteiger partial charge in [-0.05, 0) is 6.42 Å². The summed E-state index contributed by atoms with van der Waals surface area (Å²) in [5.41, 5.74) is 5.47. The molecule has 0 atom stereocenters. The van der Waals surface area contributed by atoms with Gasteiger partial charge in [0.1, 0.15) is 0 Å². The molecule has 1 rings (SSSR count). The number of nitrogens with two attached hydrogens (primary N) is 1. The molecule has 0 spiro atoms. The Balaban J connectivity index is 2.59. The van der Waals surface area contributed by atoms with Crippen LogP contribution in [0.5, 0.6) is 0 Å². The second kappa shape index (κ2) is 5.07. The predicted octanol–water partition coefficient (Wildman–Crippen LogP) is 1.59. The zero-order valence-corrected chi connectivity index (χ0v) is 9.12. The van der Waals surface area contributed by atoms with Gasteiger partial charge in [0.2, 0.25) is 0 Å². The number of nitrogen functional groups attached to an aromatic ring is 1. The number of hydrogen-bond donors (Lipinski definition) is 1. The van der Waals surface area contributed by atoms with E-state index >= 15 is 0 Å². The fraction of sp³-hybridized carbons (Fsp3) is 0.556. The first-order valence-electron chi connectivity index (χ1n) is 4.81. The van der Waals surface area contributed by atoms with E-state index in [1.54, 1.807) is 0 Å². The van der Waals surface area contributed by atoms with E-state index in [0.29, 0.717) is 0 Å². The van der Waals surface area contributed by atoms with Crippen LogP contribution in [0.2, 0.25) is 0 Å². The Morgan fingerprint density at radius 3 is 2.76 bits per heavy atom. The van der Waals surface area contributed by atoms with Crippen LogP contribution in [-0.2, 0) is 11.3 Å². The second-order valence-electron chi connectivity index (χ2n) is 3.41. The lowest BCUT2D eigenvalue weighted by molar-refractivity contribution is -0.136. The molecular formula is C9H12F3N3O2. The Morgan fingerprint density at radius 2 is 2.24 bits per heavy atom. The highest BCUT2D eigenvalue weighted by molar-refractivity contribution is 5.92. The maximum atomic E-state index is 11.9. The number of methoxy groups -OCH3 is 1. The lowest BCUT2D eigenvalue weighted by Crippen LogP contribution is -2.10. The smallest absolute Gasteiger partial charge is 0.389 e. The minimum atomic E-state index is -4.19. The van der Waals surface area contributed by atoms with Crippen LogP contribution in [0, 0.1) is 0 Å². The minimum Gasteiger partial charge on any atom is -0.464 e. The zero-order chi connectivity index (χ0) is 13.1. The number of carbonyl (C=O) groups is 1. The minimum absolute atomic E-state index is 0.0424. The molecular weight excluding hydrogens is 239 g/mol. The Morgan fingerprint density at radius 1 is 1.59 bits per heavy atom. The topological polar surface area (TPSA) is 70.1 Å². The third-order valence-electron chi connectivity index (χ3n) is 2.02. The fourth-order valence-electron chi connectivity index (χ4n) is 1.25. The maximum Gasteiger partial charge on any atom is 0.389 e. The number of rotatable bonds is 4. The van der Waals surface area contributed by atoms with Gasteiger partial charge >= 0.3 is 12.1 Å². The molecule has 0 aliphatic heterocycles. The number of alkyl halides is 3. The van der Waals surface area contributed by atoms with Crippen LogP contribution >= 0.6 is 0 Å². The summed E-state index contributed by atoms with van der Waals surface area (Å²) in [5, 5.41) is 3.75. The number of esters is 1. The first-order chi connectivity index (χ1) is 7.83. The summed E-state index contributed by atoms with van der Waals surface area (Å²) < 4.78 is 41.3. The highest BCUT2D eigenvalue weighted by Gasteiger charge is 2.26. The summed E-state index contributed by atoms with van der Waals surface area (Å²) in [4.78, 5) is 11.1. The van der Waals surface area contributed by atoms with E-state index in [0.717, 1.165) is 0 Å². The van der Waals surface area contributed by atoms with E-state index in [4.69, 9.17) is 5.73 Å². The molecule has 8 heteroatoms. The van der Waals surface area contributed by atoms with Gasteiger partial charge in [0, 0.05) is 19.2 Å². The van der Waals surface area contributed by atoms with Gasteiger partial charge in [0.25, 0.3) is 0 Å². The molecule has 0 saturated carbocycles. The number of aryl methyl sites for hydroxylation is 1. The molecule has 0 fully saturated rings. The van der Waals surface area contributed by atoms with Crippen molar-refractivity contribution in [3.8, 4) is 0 Å². The molecule has 0 aliphatic carbocycles. The molecule has 0 aliphatic rings. The second-order valence-corrected chi connectivity index (χ2v) is 3.41. The Hall–Kier alpha value is -1.73. The summed E-state index contributed by atoms with van der Waals surface area (Å²) in [6, 6.07) is 0. The van der Waals surface area contributed by atoms with Crippen molar-refractivity contribution >= 4 is 11.7 Å². The Bertz CT molecular complexity index is 401. The number of hydrogen-bond acceptors (Lipinski definition) is 4. The van der Waals surface area contributed by atoms with Crippen molar-refractivity contribution in [1.82, 2.24) is 9.78 Å². The third kappa shape index (κ3) is 3.97. The number of halogens is 3. The molecule has 0 unspecified atom stereocenters. The number of carbonyl (C=O) groups excluding carboxylic acids is 1. The molecule has 0 amide bonds. The number of aromatic nitrogens is 2. The quantitative estimate of drug-likeness (QED) is 0.825. The first kappa shape index (κ1) is 13.3. The number of nitrogens with zero attached hydrogens (tertiary/aromatic N) is 2. The van der Waals surface area contributed by atoms with Gasteiger partial charge in [0.05, 0.1) is 12.8 Å². The lowest BCUT2D eigenvalue weighted by atomic mass is 10.3.